The first-order valence-electron chi connectivity index (χ1n) is 7.85. The Kier molecular flexibility index (Phi) is 5.08. The Balaban J connectivity index is 1.73. The van der Waals surface area contributed by atoms with Gasteiger partial charge in [-0.3, -0.25) is 9.78 Å². The predicted molar refractivity (Wildman–Crippen MR) is 96.7 cm³/mol. The number of rotatable bonds is 4. The topological polar surface area (TPSA) is 70.6 Å². The third-order valence-corrected chi connectivity index (χ3v) is 6.43. The second kappa shape index (κ2) is 7.11. The molecule has 1 aliphatic rings. The molecule has 0 bridgehead atoms. The number of pyridine rings is 1. The summed E-state index contributed by atoms with van der Waals surface area (Å²) in [4.78, 5) is 17.5. The van der Waals surface area contributed by atoms with Crippen molar-refractivity contribution in [2.45, 2.75) is 11.8 Å². The maximum atomic E-state index is 12.8. The lowest BCUT2D eigenvalue weighted by Gasteiger charge is -2.35. The maximum Gasteiger partial charge on any atom is 0.243 e. The number of carbonyl (C=O) groups excluding carboxylic acids is 1. The molecular weight excluding hydrogens is 362 g/mol. The number of benzene rings is 1. The van der Waals surface area contributed by atoms with E-state index in [2.05, 4.69) is 9.88 Å². The Labute approximate surface area is 152 Å². The molecule has 1 fully saturated rings. The molecule has 0 aliphatic carbocycles. The van der Waals surface area contributed by atoms with Crippen molar-refractivity contribution in [3.63, 3.8) is 0 Å². The van der Waals surface area contributed by atoms with E-state index in [4.69, 9.17) is 11.6 Å². The number of nitrogens with zero attached hydrogens (tertiary/aromatic N) is 3. The van der Waals surface area contributed by atoms with Crippen LogP contribution in [0.2, 0.25) is 5.02 Å². The third-order valence-electron chi connectivity index (χ3n) is 4.23. The van der Waals surface area contributed by atoms with Crippen LogP contribution in [0.4, 0.5) is 5.69 Å². The van der Waals surface area contributed by atoms with E-state index in [1.807, 2.05) is 6.07 Å². The Morgan fingerprint density at radius 3 is 2.28 bits per heavy atom. The van der Waals surface area contributed by atoms with Crippen LogP contribution in [0.5, 0.6) is 0 Å². The van der Waals surface area contributed by atoms with Gasteiger partial charge in [-0.1, -0.05) is 23.7 Å². The summed E-state index contributed by atoms with van der Waals surface area (Å²) in [6.45, 7) is 3.29. The highest BCUT2D eigenvalue weighted by atomic mass is 35.5. The normalized spacial score (nSPS) is 16.0. The van der Waals surface area contributed by atoms with Crippen LogP contribution in [0.25, 0.3) is 0 Å². The van der Waals surface area contributed by atoms with Gasteiger partial charge in [0.2, 0.25) is 10.0 Å². The molecule has 0 atom stereocenters. The van der Waals surface area contributed by atoms with Gasteiger partial charge in [0, 0.05) is 44.1 Å². The van der Waals surface area contributed by atoms with Gasteiger partial charge in [0.15, 0.2) is 5.78 Å². The van der Waals surface area contributed by atoms with E-state index < -0.39 is 10.0 Å². The van der Waals surface area contributed by atoms with Gasteiger partial charge in [-0.2, -0.15) is 4.31 Å². The van der Waals surface area contributed by atoms with E-state index in [1.54, 1.807) is 24.5 Å². The van der Waals surface area contributed by atoms with E-state index in [0.717, 1.165) is 5.69 Å². The van der Waals surface area contributed by atoms with Crippen LogP contribution in [-0.4, -0.2) is 49.7 Å². The highest BCUT2D eigenvalue weighted by Crippen LogP contribution is 2.26. The monoisotopic (exact) mass is 379 g/mol. The Morgan fingerprint density at radius 1 is 1.08 bits per heavy atom. The molecular formula is C17H18ClN3O3S. The first kappa shape index (κ1) is 17.8. The molecule has 6 nitrogen and oxygen atoms in total. The van der Waals surface area contributed by atoms with Gasteiger partial charge in [-0.05, 0) is 25.1 Å². The lowest BCUT2D eigenvalue weighted by molar-refractivity contribution is 0.101. The molecule has 2 heterocycles. The highest BCUT2D eigenvalue weighted by molar-refractivity contribution is 7.89. The molecule has 132 valence electrons. The summed E-state index contributed by atoms with van der Waals surface area (Å²) >= 11 is 6.16. The fourth-order valence-electron chi connectivity index (χ4n) is 2.80. The zero-order valence-corrected chi connectivity index (χ0v) is 15.3. The average molecular weight is 380 g/mol. The van der Waals surface area contributed by atoms with Gasteiger partial charge in [-0.25, -0.2) is 8.42 Å². The van der Waals surface area contributed by atoms with Crippen LogP contribution in [-0.2, 0) is 10.0 Å². The molecule has 1 aromatic heterocycles. The Hall–Kier alpha value is -1.96. The molecule has 3 rings (SSSR count). The minimum atomic E-state index is -3.57. The summed E-state index contributed by atoms with van der Waals surface area (Å²) in [5, 5.41) is 0.554. The molecule has 1 saturated heterocycles. The molecule has 0 spiro atoms. The number of carbonyl (C=O) groups is 1. The standard InChI is InChI=1S/C17H18ClN3O3S/c1-13(22)14-2-4-15(5-3-14)25(23,24)21-10-8-20(9-11-21)17-6-7-19-12-16(17)18/h2-7,12H,8-11H2,1H3. The number of hydrogen-bond donors (Lipinski definition) is 0. The van der Waals surface area contributed by atoms with Gasteiger partial charge >= 0.3 is 0 Å². The van der Waals surface area contributed by atoms with Crippen LogP contribution >= 0.6 is 11.6 Å². The predicted octanol–water partition coefficient (Wildman–Crippen LogP) is 2.45. The molecule has 0 saturated carbocycles. The number of Topliss-reactive ketones (excluding diaryl/α,β-unsaturated/α-hetero) is 1. The molecule has 8 heteroatoms. The fraction of sp³-hybridized carbons (Fsp3) is 0.294. The number of aromatic nitrogens is 1. The SMILES string of the molecule is CC(=O)c1ccc(S(=O)(=O)N2CCN(c3ccncc3Cl)CC2)cc1. The molecule has 25 heavy (non-hydrogen) atoms. The van der Waals surface area contributed by atoms with Crippen molar-refractivity contribution >= 4 is 33.1 Å². The third kappa shape index (κ3) is 3.68. The van der Waals surface area contributed by atoms with Crippen molar-refractivity contribution in [3.05, 3.63) is 53.3 Å². The van der Waals surface area contributed by atoms with Crippen molar-refractivity contribution in [1.82, 2.24) is 9.29 Å². The van der Waals surface area contributed by atoms with E-state index >= 15 is 0 Å². The molecule has 1 aromatic carbocycles. The second-order valence-corrected chi connectivity index (χ2v) is 8.14. The first-order chi connectivity index (χ1) is 11.9. The van der Waals surface area contributed by atoms with E-state index in [1.165, 1.54) is 23.4 Å². The van der Waals surface area contributed by atoms with E-state index in [-0.39, 0.29) is 10.7 Å². The number of ketones is 1. The van der Waals surface area contributed by atoms with Crippen molar-refractivity contribution in [2.24, 2.45) is 0 Å². The van der Waals surface area contributed by atoms with Gasteiger partial charge in [0.05, 0.1) is 15.6 Å². The second-order valence-electron chi connectivity index (χ2n) is 5.80. The van der Waals surface area contributed by atoms with Gasteiger partial charge in [-0.15, -0.1) is 0 Å². The number of piperazine rings is 1. The highest BCUT2D eigenvalue weighted by Gasteiger charge is 2.29. The average Bonchev–Trinajstić information content (AvgIpc) is 2.62. The summed E-state index contributed by atoms with van der Waals surface area (Å²) in [5.41, 5.74) is 1.36. The van der Waals surface area contributed by atoms with Crippen LogP contribution in [0.1, 0.15) is 17.3 Å². The number of anilines is 1. The minimum absolute atomic E-state index is 0.0909. The lowest BCUT2D eigenvalue weighted by Crippen LogP contribution is -2.48. The number of halogens is 1. The molecule has 0 radical (unpaired) electrons. The van der Waals surface area contributed by atoms with E-state index in [9.17, 15) is 13.2 Å². The number of sulfonamides is 1. The Morgan fingerprint density at radius 2 is 1.72 bits per heavy atom. The summed E-state index contributed by atoms with van der Waals surface area (Å²) in [7, 11) is -3.57. The molecule has 1 aliphatic heterocycles. The van der Waals surface area contributed by atoms with Crippen LogP contribution < -0.4 is 4.90 Å². The molecule has 0 amide bonds. The van der Waals surface area contributed by atoms with E-state index in [0.29, 0.717) is 36.8 Å². The largest absolute Gasteiger partial charge is 0.368 e. The molecule has 0 unspecified atom stereocenters. The zero-order valence-electron chi connectivity index (χ0n) is 13.7. The number of hydrogen-bond acceptors (Lipinski definition) is 5. The van der Waals surface area contributed by atoms with Crippen molar-refractivity contribution in [1.29, 1.82) is 0 Å². The summed E-state index contributed by atoms with van der Waals surface area (Å²) in [6, 6.07) is 7.88. The van der Waals surface area contributed by atoms with Crippen LogP contribution in [0, 0.1) is 0 Å². The van der Waals surface area contributed by atoms with Gasteiger partial charge in [0.25, 0.3) is 0 Å². The van der Waals surface area contributed by atoms with Crippen molar-refractivity contribution in [2.75, 3.05) is 31.1 Å². The minimum Gasteiger partial charge on any atom is -0.368 e. The van der Waals surface area contributed by atoms with Gasteiger partial charge < -0.3 is 4.90 Å². The zero-order chi connectivity index (χ0) is 18.0. The molecule has 2 aromatic rings. The Bertz CT molecular complexity index is 876. The lowest BCUT2D eigenvalue weighted by atomic mass is 10.2. The maximum absolute atomic E-state index is 12.8. The fourth-order valence-corrected chi connectivity index (χ4v) is 4.47. The smallest absolute Gasteiger partial charge is 0.243 e. The summed E-state index contributed by atoms with van der Waals surface area (Å²) < 4.78 is 27.0. The van der Waals surface area contributed by atoms with Crippen molar-refractivity contribution in [3.8, 4) is 0 Å². The van der Waals surface area contributed by atoms with Crippen LogP contribution in [0.15, 0.2) is 47.6 Å². The van der Waals surface area contributed by atoms with Crippen molar-refractivity contribution < 1.29 is 13.2 Å². The summed E-state index contributed by atoms with van der Waals surface area (Å²) in [6.07, 6.45) is 3.25. The first-order valence-corrected chi connectivity index (χ1v) is 9.67. The molecule has 0 N–H and O–H groups in total. The van der Waals surface area contributed by atoms with Gasteiger partial charge in [0.1, 0.15) is 0 Å². The quantitative estimate of drug-likeness (QED) is 0.763. The summed E-state index contributed by atoms with van der Waals surface area (Å²) in [5.74, 6) is -0.0909. The van der Waals surface area contributed by atoms with Crippen LogP contribution in [0.3, 0.4) is 0 Å².